The van der Waals surface area contributed by atoms with Crippen LogP contribution in [-0.2, 0) is 27.5 Å². The first-order valence-corrected chi connectivity index (χ1v) is 9.60. The fraction of sp³-hybridized carbons (Fsp3) is 0.318. The molecule has 0 spiro atoms. The number of rotatable bonds is 8. The molecule has 2 aromatic carbocycles. The molecule has 0 aliphatic carbocycles. The highest BCUT2D eigenvalue weighted by molar-refractivity contribution is 6.06. The first-order chi connectivity index (χ1) is 14.8. The maximum absolute atomic E-state index is 12.9. The highest BCUT2D eigenvalue weighted by Gasteiger charge is 2.61. The van der Waals surface area contributed by atoms with Crippen LogP contribution in [0, 0.1) is 0 Å². The monoisotopic (exact) mass is 427 g/mol. The molecule has 3 amide bonds. The summed E-state index contributed by atoms with van der Waals surface area (Å²) in [5.41, 5.74) is 5.52. The van der Waals surface area contributed by atoms with Crippen LogP contribution in [0.2, 0.25) is 0 Å². The van der Waals surface area contributed by atoms with E-state index in [1.807, 2.05) is 18.2 Å². The van der Waals surface area contributed by atoms with Gasteiger partial charge in [0.25, 0.3) is 5.91 Å². The number of nitrogens with one attached hydrogen (secondary N) is 1. The Morgan fingerprint density at radius 3 is 2.45 bits per heavy atom. The van der Waals surface area contributed by atoms with Gasteiger partial charge in [-0.1, -0.05) is 30.3 Å². The van der Waals surface area contributed by atoms with Gasteiger partial charge in [-0.25, -0.2) is 4.79 Å². The Kier molecular flexibility index (Phi) is 6.33. The summed E-state index contributed by atoms with van der Waals surface area (Å²) in [6.07, 6.45) is -0.812. The number of hydrogen-bond donors (Lipinski definition) is 2. The molecule has 9 nitrogen and oxygen atoms in total. The van der Waals surface area contributed by atoms with E-state index < -0.39 is 29.5 Å². The lowest BCUT2D eigenvalue weighted by Crippen LogP contribution is -2.81. The molecule has 1 heterocycles. The minimum Gasteiger partial charge on any atom is -0.497 e. The van der Waals surface area contributed by atoms with Crippen molar-refractivity contribution in [1.82, 2.24) is 10.2 Å². The fourth-order valence-corrected chi connectivity index (χ4v) is 3.64. The first kappa shape index (κ1) is 21.9. The minimum atomic E-state index is -1.50. The van der Waals surface area contributed by atoms with Crippen LogP contribution >= 0.6 is 0 Å². The van der Waals surface area contributed by atoms with E-state index in [-0.39, 0.29) is 13.2 Å². The molecule has 1 aliphatic heterocycles. The van der Waals surface area contributed by atoms with Crippen LogP contribution in [0.25, 0.3) is 0 Å². The zero-order valence-electron chi connectivity index (χ0n) is 17.6. The van der Waals surface area contributed by atoms with Crippen LogP contribution in [0.1, 0.15) is 18.1 Å². The molecule has 0 aromatic heterocycles. The number of benzene rings is 2. The van der Waals surface area contributed by atoms with Crippen molar-refractivity contribution >= 4 is 17.9 Å². The summed E-state index contributed by atoms with van der Waals surface area (Å²) in [6, 6.07) is 13.2. The van der Waals surface area contributed by atoms with Crippen molar-refractivity contribution in [3.05, 3.63) is 59.7 Å². The second kappa shape index (κ2) is 8.95. The molecule has 164 valence electrons. The summed E-state index contributed by atoms with van der Waals surface area (Å²) in [7, 11) is 3.03. The summed E-state index contributed by atoms with van der Waals surface area (Å²) in [4.78, 5) is 38.6. The number of ether oxygens (including phenoxy) is 3. The summed E-state index contributed by atoms with van der Waals surface area (Å²) in [5, 5.41) is 2.50. The quantitative estimate of drug-likeness (QED) is 0.617. The van der Waals surface area contributed by atoms with Crippen molar-refractivity contribution in [2.75, 3.05) is 14.2 Å². The van der Waals surface area contributed by atoms with Crippen molar-refractivity contribution in [2.24, 2.45) is 5.73 Å². The largest absolute Gasteiger partial charge is 0.497 e. The van der Waals surface area contributed by atoms with Gasteiger partial charge in [0, 0.05) is 11.6 Å². The topological polar surface area (TPSA) is 120 Å². The van der Waals surface area contributed by atoms with Gasteiger partial charge >= 0.3 is 6.09 Å². The molecule has 0 radical (unpaired) electrons. The van der Waals surface area contributed by atoms with E-state index in [0.717, 1.165) is 5.56 Å². The molecule has 3 rings (SSSR count). The van der Waals surface area contributed by atoms with E-state index in [9.17, 15) is 14.4 Å². The predicted octanol–water partition coefficient (Wildman–Crippen LogP) is 1.58. The highest BCUT2D eigenvalue weighted by Crippen LogP contribution is 2.35. The van der Waals surface area contributed by atoms with E-state index in [0.29, 0.717) is 17.1 Å². The fourth-order valence-electron chi connectivity index (χ4n) is 3.64. The molecule has 0 unspecified atom stereocenters. The van der Waals surface area contributed by atoms with Crippen molar-refractivity contribution in [3.63, 3.8) is 0 Å². The molecular weight excluding hydrogens is 402 g/mol. The van der Waals surface area contributed by atoms with Crippen LogP contribution in [0.5, 0.6) is 11.5 Å². The van der Waals surface area contributed by atoms with E-state index in [1.165, 1.54) is 26.0 Å². The van der Waals surface area contributed by atoms with Gasteiger partial charge < -0.3 is 30.2 Å². The van der Waals surface area contributed by atoms with Crippen LogP contribution < -0.4 is 20.5 Å². The van der Waals surface area contributed by atoms with Gasteiger partial charge in [0.2, 0.25) is 5.91 Å². The van der Waals surface area contributed by atoms with Crippen molar-refractivity contribution < 1.29 is 28.6 Å². The zero-order valence-corrected chi connectivity index (χ0v) is 17.6. The molecular formula is C22H25N3O6. The van der Waals surface area contributed by atoms with Gasteiger partial charge in [0.1, 0.15) is 29.7 Å². The third-order valence-electron chi connectivity index (χ3n) is 5.24. The third kappa shape index (κ3) is 4.40. The van der Waals surface area contributed by atoms with E-state index in [4.69, 9.17) is 19.9 Å². The first-order valence-electron chi connectivity index (χ1n) is 9.60. The SMILES string of the molecule is COc1ccc(CN2C(=O)[C@](C)(NC(=O)OCc3ccccc3)[C@@H]2C(N)=O)c(OC)c1. The van der Waals surface area contributed by atoms with E-state index in [2.05, 4.69) is 5.32 Å². The van der Waals surface area contributed by atoms with Gasteiger partial charge in [0.05, 0.1) is 20.8 Å². The number of nitrogens with zero attached hydrogens (tertiary/aromatic N) is 1. The van der Waals surface area contributed by atoms with E-state index in [1.54, 1.807) is 30.3 Å². The summed E-state index contributed by atoms with van der Waals surface area (Å²) < 4.78 is 15.7. The number of methoxy groups -OCH3 is 2. The number of primary amides is 1. The maximum atomic E-state index is 12.9. The van der Waals surface area contributed by atoms with Crippen LogP contribution in [0.4, 0.5) is 4.79 Å². The second-order valence-electron chi connectivity index (χ2n) is 7.30. The van der Waals surface area contributed by atoms with Gasteiger partial charge in [-0.05, 0) is 24.6 Å². The Hall–Kier alpha value is -3.75. The highest BCUT2D eigenvalue weighted by atomic mass is 16.5. The molecule has 2 atom stereocenters. The maximum Gasteiger partial charge on any atom is 0.408 e. The zero-order chi connectivity index (χ0) is 22.6. The molecule has 1 fully saturated rings. The number of hydrogen-bond acceptors (Lipinski definition) is 6. The smallest absolute Gasteiger partial charge is 0.408 e. The van der Waals surface area contributed by atoms with Crippen LogP contribution in [0.3, 0.4) is 0 Å². The molecule has 2 aromatic rings. The van der Waals surface area contributed by atoms with Crippen molar-refractivity contribution in [3.8, 4) is 11.5 Å². The number of likely N-dealkylation sites (tertiary alicyclic amines) is 1. The van der Waals surface area contributed by atoms with Crippen LogP contribution in [0.15, 0.2) is 48.5 Å². The van der Waals surface area contributed by atoms with Crippen molar-refractivity contribution in [1.29, 1.82) is 0 Å². The molecule has 3 N–H and O–H groups in total. The Morgan fingerprint density at radius 2 is 1.84 bits per heavy atom. The predicted molar refractivity (Wildman–Crippen MR) is 111 cm³/mol. The summed E-state index contributed by atoms with van der Waals surface area (Å²) in [5.74, 6) is -0.0994. The number of β-lactam (4-membered cyclic amide) rings is 1. The standard InChI is InChI=1S/C22H25N3O6/c1-22(24-21(28)31-13-14-7-5-4-6-8-14)18(19(23)26)25(20(22)27)12-15-9-10-16(29-2)11-17(15)30-3/h4-11,18H,12-13H2,1-3H3,(H2,23,26)(H,24,28)/t18-,22+/m0/s1. The van der Waals surface area contributed by atoms with Crippen LogP contribution in [-0.4, -0.2) is 48.6 Å². The molecule has 1 aliphatic rings. The number of amides is 3. The lowest BCUT2D eigenvalue weighted by molar-refractivity contribution is -0.167. The molecule has 0 bridgehead atoms. The van der Waals surface area contributed by atoms with Gasteiger partial charge in [0.15, 0.2) is 0 Å². The summed E-state index contributed by atoms with van der Waals surface area (Å²) >= 11 is 0. The molecule has 0 saturated carbocycles. The van der Waals surface area contributed by atoms with Crippen molar-refractivity contribution in [2.45, 2.75) is 31.7 Å². The Balaban J connectivity index is 1.71. The van der Waals surface area contributed by atoms with Gasteiger partial charge in [-0.15, -0.1) is 0 Å². The second-order valence-corrected chi connectivity index (χ2v) is 7.30. The Labute approximate surface area is 180 Å². The third-order valence-corrected chi connectivity index (χ3v) is 5.24. The van der Waals surface area contributed by atoms with Gasteiger partial charge in [-0.3, -0.25) is 9.59 Å². The lowest BCUT2D eigenvalue weighted by Gasteiger charge is -2.52. The number of nitrogens with two attached hydrogens (primary N) is 1. The average Bonchev–Trinajstić information content (AvgIpc) is 2.77. The number of carbonyl (C=O) groups excluding carboxylic acids is 3. The normalized spacial score (nSPS) is 19.9. The summed E-state index contributed by atoms with van der Waals surface area (Å²) in [6.45, 7) is 1.57. The molecule has 1 saturated heterocycles. The number of alkyl carbamates (subject to hydrolysis) is 1. The average molecular weight is 427 g/mol. The molecule has 31 heavy (non-hydrogen) atoms. The minimum absolute atomic E-state index is 0.0327. The number of carbonyl (C=O) groups is 3. The lowest BCUT2D eigenvalue weighted by atomic mass is 9.79. The van der Waals surface area contributed by atoms with Gasteiger partial charge in [-0.2, -0.15) is 0 Å². The Bertz CT molecular complexity index is 980. The molecule has 9 heteroatoms. The van der Waals surface area contributed by atoms with E-state index >= 15 is 0 Å². The Morgan fingerprint density at radius 1 is 1.13 bits per heavy atom.